The molecule has 0 aliphatic heterocycles. The molecule has 0 saturated heterocycles. The van der Waals surface area contributed by atoms with Crippen LogP contribution < -0.4 is 9.62 Å². The number of sulfonamides is 1. The van der Waals surface area contributed by atoms with Crippen molar-refractivity contribution in [1.82, 2.24) is 0 Å². The van der Waals surface area contributed by atoms with Gasteiger partial charge in [-0.25, -0.2) is 8.42 Å². The molecule has 0 radical (unpaired) electrons. The molecule has 5 nitrogen and oxygen atoms in total. The number of carbonyl (C=O) groups excluding carboxylic acids is 1. The van der Waals surface area contributed by atoms with Crippen LogP contribution in [0.4, 0.5) is 11.4 Å². The summed E-state index contributed by atoms with van der Waals surface area (Å²) >= 11 is 0. The van der Waals surface area contributed by atoms with Crippen molar-refractivity contribution < 1.29 is 13.2 Å². The molecule has 2 rings (SSSR count). The van der Waals surface area contributed by atoms with E-state index in [0.717, 1.165) is 29.8 Å². The summed E-state index contributed by atoms with van der Waals surface area (Å²) in [6, 6.07) is 14.3. The Morgan fingerprint density at radius 3 is 2.40 bits per heavy atom. The zero-order valence-corrected chi connectivity index (χ0v) is 15.6. The van der Waals surface area contributed by atoms with Crippen LogP contribution in [0, 0.1) is 0 Å². The van der Waals surface area contributed by atoms with Crippen molar-refractivity contribution in [1.29, 1.82) is 0 Å². The van der Waals surface area contributed by atoms with Gasteiger partial charge >= 0.3 is 0 Å². The van der Waals surface area contributed by atoms with Gasteiger partial charge in [0.25, 0.3) is 5.91 Å². The molecule has 0 atom stereocenters. The molecular weight excluding hydrogens is 336 g/mol. The minimum Gasteiger partial charge on any atom is -0.322 e. The van der Waals surface area contributed by atoms with Gasteiger partial charge in [-0.15, -0.1) is 0 Å². The zero-order chi connectivity index (χ0) is 18.4. The molecule has 25 heavy (non-hydrogen) atoms. The molecule has 0 fully saturated rings. The normalized spacial score (nSPS) is 11.2. The van der Waals surface area contributed by atoms with Gasteiger partial charge in [0.15, 0.2) is 0 Å². The highest BCUT2D eigenvalue weighted by atomic mass is 32.2. The lowest BCUT2D eigenvalue weighted by molar-refractivity contribution is 0.102. The molecule has 0 aliphatic rings. The highest BCUT2D eigenvalue weighted by Crippen LogP contribution is 2.19. The van der Waals surface area contributed by atoms with E-state index in [9.17, 15) is 13.2 Å². The number of unbranched alkanes of at least 4 members (excludes halogenated alkanes) is 1. The number of aryl methyl sites for hydroxylation is 1. The third-order valence-corrected chi connectivity index (χ3v) is 5.21. The van der Waals surface area contributed by atoms with Crippen LogP contribution in [0.5, 0.6) is 0 Å². The first-order valence-electron chi connectivity index (χ1n) is 8.25. The van der Waals surface area contributed by atoms with Crippen LogP contribution in [0.15, 0.2) is 48.5 Å². The summed E-state index contributed by atoms with van der Waals surface area (Å²) in [7, 11) is -1.91. The van der Waals surface area contributed by atoms with Crippen LogP contribution in [-0.2, 0) is 16.4 Å². The lowest BCUT2D eigenvalue weighted by atomic mass is 10.1. The quantitative estimate of drug-likeness (QED) is 0.819. The highest BCUT2D eigenvalue weighted by molar-refractivity contribution is 7.92. The van der Waals surface area contributed by atoms with Crippen LogP contribution >= 0.6 is 0 Å². The molecule has 0 spiro atoms. The number of anilines is 2. The first-order valence-corrected chi connectivity index (χ1v) is 10.1. The van der Waals surface area contributed by atoms with E-state index in [0.29, 0.717) is 16.9 Å². The Balaban J connectivity index is 2.10. The second-order valence-electron chi connectivity index (χ2n) is 6.04. The number of hydrogen-bond donors (Lipinski definition) is 1. The van der Waals surface area contributed by atoms with Gasteiger partial charge < -0.3 is 5.32 Å². The molecule has 1 N–H and O–H groups in total. The Bertz CT molecular complexity index is 830. The lowest BCUT2D eigenvalue weighted by Gasteiger charge is -2.17. The van der Waals surface area contributed by atoms with Crippen LogP contribution in [0.25, 0.3) is 0 Å². The Kier molecular flexibility index (Phi) is 6.20. The van der Waals surface area contributed by atoms with Gasteiger partial charge in [0, 0.05) is 18.3 Å². The standard InChI is InChI=1S/C19H24N2O3S/c1-4-5-7-15-10-12-17(13-11-15)20-19(22)16-8-6-9-18(14-16)21(2)25(3,23)24/h6,8-14H,4-5,7H2,1-3H3,(H,20,22). The van der Waals surface area contributed by atoms with Crippen molar-refractivity contribution in [3.63, 3.8) is 0 Å². The highest BCUT2D eigenvalue weighted by Gasteiger charge is 2.14. The number of nitrogens with zero attached hydrogens (tertiary/aromatic N) is 1. The fraction of sp³-hybridized carbons (Fsp3) is 0.316. The van der Waals surface area contributed by atoms with E-state index in [-0.39, 0.29) is 5.91 Å². The van der Waals surface area contributed by atoms with E-state index < -0.39 is 10.0 Å². The predicted octanol–water partition coefficient (Wildman–Crippen LogP) is 3.68. The van der Waals surface area contributed by atoms with Crippen molar-refractivity contribution in [3.8, 4) is 0 Å². The van der Waals surface area contributed by atoms with E-state index in [2.05, 4.69) is 12.2 Å². The van der Waals surface area contributed by atoms with Crippen molar-refractivity contribution in [2.24, 2.45) is 0 Å². The Morgan fingerprint density at radius 1 is 1.12 bits per heavy atom. The lowest BCUT2D eigenvalue weighted by Crippen LogP contribution is -2.25. The summed E-state index contributed by atoms with van der Waals surface area (Å²) in [5.74, 6) is -0.273. The van der Waals surface area contributed by atoms with Gasteiger partial charge in [-0.05, 0) is 48.7 Å². The number of carbonyl (C=O) groups is 1. The van der Waals surface area contributed by atoms with Crippen LogP contribution in [0.3, 0.4) is 0 Å². The van der Waals surface area contributed by atoms with Gasteiger partial charge in [-0.1, -0.05) is 31.5 Å². The summed E-state index contributed by atoms with van der Waals surface area (Å²) in [6.07, 6.45) is 4.45. The van der Waals surface area contributed by atoms with Crippen molar-refractivity contribution in [2.75, 3.05) is 22.9 Å². The minimum atomic E-state index is -3.37. The number of hydrogen-bond acceptors (Lipinski definition) is 3. The number of amides is 1. The van der Waals surface area contributed by atoms with E-state index >= 15 is 0 Å². The number of benzene rings is 2. The first kappa shape index (κ1) is 19.0. The second-order valence-corrected chi connectivity index (χ2v) is 8.05. The smallest absolute Gasteiger partial charge is 0.255 e. The molecule has 134 valence electrons. The monoisotopic (exact) mass is 360 g/mol. The Labute approximate surface area is 149 Å². The molecular formula is C19H24N2O3S. The van der Waals surface area contributed by atoms with Crippen molar-refractivity contribution >= 4 is 27.3 Å². The molecule has 2 aromatic carbocycles. The maximum Gasteiger partial charge on any atom is 0.255 e. The molecule has 0 bridgehead atoms. The molecule has 6 heteroatoms. The molecule has 0 aliphatic carbocycles. The summed E-state index contributed by atoms with van der Waals surface area (Å²) < 4.78 is 24.4. The SMILES string of the molecule is CCCCc1ccc(NC(=O)c2cccc(N(C)S(C)(=O)=O)c2)cc1. The molecule has 0 saturated carbocycles. The Morgan fingerprint density at radius 2 is 1.80 bits per heavy atom. The van der Waals surface area contributed by atoms with Crippen molar-refractivity contribution in [3.05, 3.63) is 59.7 Å². The topological polar surface area (TPSA) is 66.5 Å². The average molecular weight is 360 g/mol. The number of nitrogens with one attached hydrogen (secondary N) is 1. The molecule has 2 aromatic rings. The summed E-state index contributed by atoms with van der Waals surface area (Å²) in [5.41, 5.74) is 2.82. The summed E-state index contributed by atoms with van der Waals surface area (Å²) in [4.78, 5) is 12.4. The van der Waals surface area contributed by atoms with Gasteiger partial charge in [-0.2, -0.15) is 0 Å². The molecule has 0 unspecified atom stereocenters. The molecule has 0 heterocycles. The summed E-state index contributed by atoms with van der Waals surface area (Å²) in [5, 5.41) is 2.84. The van der Waals surface area contributed by atoms with E-state index in [1.807, 2.05) is 24.3 Å². The van der Waals surface area contributed by atoms with Gasteiger partial charge in [0.1, 0.15) is 0 Å². The van der Waals surface area contributed by atoms with Crippen molar-refractivity contribution in [2.45, 2.75) is 26.2 Å². The minimum absolute atomic E-state index is 0.273. The fourth-order valence-corrected chi connectivity index (χ4v) is 2.87. The van der Waals surface area contributed by atoms with Gasteiger partial charge in [-0.3, -0.25) is 9.10 Å². The van der Waals surface area contributed by atoms with Crippen LogP contribution in [0.2, 0.25) is 0 Å². The van der Waals surface area contributed by atoms with Crippen LogP contribution in [-0.4, -0.2) is 27.6 Å². The van der Waals surface area contributed by atoms with E-state index in [1.54, 1.807) is 24.3 Å². The Hall–Kier alpha value is -2.34. The largest absolute Gasteiger partial charge is 0.322 e. The zero-order valence-electron chi connectivity index (χ0n) is 14.8. The third-order valence-electron chi connectivity index (χ3n) is 4.00. The van der Waals surface area contributed by atoms with Gasteiger partial charge in [0.2, 0.25) is 10.0 Å². The fourth-order valence-electron chi connectivity index (χ4n) is 2.37. The molecule has 0 aromatic heterocycles. The summed E-state index contributed by atoms with van der Waals surface area (Å²) in [6.45, 7) is 2.16. The predicted molar refractivity (Wildman–Crippen MR) is 103 cm³/mol. The van der Waals surface area contributed by atoms with Gasteiger partial charge in [0.05, 0.1) is 11.9 Å². The van der Waals surface area contributed by atoms with Crippen LogP contribution in [0.1, 0.15) is 35.7 Å². The second kappa shape index (κ2) is 8.16. The average Bonchev–Trinajstić information content (AvgIpc) is 2.59. The third kappa shape index (κ3) is 5.32. The first-order chi connectivity index (χ1) is 11.8. The maximum atomic E-state index is 12.4. The molecule has 1 amide bonds. The van der Waals surface area contributed by atoms with E-state index in [1.165, 1.54) is 12.6 Å². The number of rotatable bonds is 7. The van der Waals surface area contributed by atoms with E-state index in [4.69, 9.17) is 0 Å². The maximum absolute atomic E-state index is 12.4.